The Morgan fingerprint density at radius 3 is 2.25 bits per heavy atom. The second-order valence-electron chi connectivity index (χ2n) is 4.72. The molecule has 0 saturated heterocycles. The number of aryl methyl sites for hydroxylation is 1. The summed E-state index contributed by atoms with van der Waals surface area (Å²) >= 11 is 0. The van der Waals surface area contributed by atoms with Crippen LogP contribution in [0.4, 0.5) is 0 Å². The van der Waals surface area contributed by atoms with E-state index in [4.69, 9.17) is 5.14 Å². The summed E-state index contributed by atoms with van der Waals surface area (Å²) in [5.41, 5.74) is 3.49. The highest BCUT2D eigenvalue weighted by Crippen LogP contribution is 2.16. The lowest BCUT2D eigenvalue weighted by atomic mass is 10.2. The predicted octanol–water partition coefficient (Wildman–Crippen LogP) is 1.61. The zero-order chi connectivity index (χ0) is 14.9. The number of primary sulfonamides is 1. The van der Waals surface area contributed by atoms with Crippen molar-refractivity contribution in [3.8, 4) is 0 Å². The summed E-state index contributed by atoms with van der Waals surface area (Å²) in [6, 6.07) is 8.25. The molecule has 0 fully saturated rings. The van der Waals surface area contributed by atoms with E-state index in [-0.39, 0.29) is 4.90 Å². The molecular formula is C14H16N2O3S. The molecule has 1 aromatic carbocycles. The van der Waals surface area contributed by atoms with Crippen LogP contribution in [0.2, 0.25) is 0 Å². The second kappa shape index (κ2) is 5.22. The summed E-state index contributed by atoms with van der Waals surface area (Å²) in [5, 5.41) is 5.06. The van der Waals surface area contributed by atoms with E-state index in [1.165, 1.54) is 12.1 Å². The molecule has 0 bridgehead atoms. The highest BCUT2D eigenvalue weighted by molar-refractivity contribution is 7.89. The fraction of sp³-hybridized carbons (Fsp3) is 0.214. The number of hydrogen-bond acceptors (Lipinski definition) is 3. The number of carbonyl (C=O) groups excluding carboxylic acids is 1. The van der Waals surface area contributed by atoms with Crippen molar-refractivity contribution in [1.29, 1.82) is 0 Å². The van der Waals surface area contributed by atoms with Gasteiger partial charge < -0.3 is 4.57 Å². The van der Waals surface area contributed by atoms with Gasteiger partial charge in [-0.1, -0.05) is 12.1 Å². The molecule has 20 heavy (non-hydrogen) atoms. The average molecular weight is 292 g/mol. The second-order valence-corrected chi connectivity index (χ2v) is 6.28. The third-order valence-corrected chi connectivity index (χ3v) is 4.26. The minimum absolute atomic E-state index is 0.0933. The van der Waals surface area contributed by atoms with E-state index >= 15 is 0 Å². The maximum Gasteiger partial charge on any atom is 0.238 e. The van der Waals surface area contributed by atoms with E-state index in [0.717, 1.165) is 23.2 Å². The first-order valence-electron chi connectivity index (χ1n) is 6.06. The fourth-order valence-corrected chi connectivity index (χ4v) is 2.67. The van der Waals surface area contributed by atoms with Crippen molar-refractivity contribution in [3.63, 3.8) is 0 Å². The summed E-state index contributed by atoms with van der Waals surface area (Å²) in [4.78, 5) is 11.0. The lowest BCUT2D eigenvalue weighted by Crippen LogP contribution is -2.12. The highest BCUT2D eigenvalue weighted by atomic mass is 32.2. The third kappa shape index (κ3) is 2.81. The molecule has 0 aliphatic carbocycles. The Labute approximate surface area is 118 Å². The van der Waals surface area contributed by atoms with Crippen LogP contribution in [0, 0.1) is 13.8 Å². The van der Waals surface area contributed by atoms with Gasteiger partial charge in [0.2, 0.25) is 10.0 Å². The number of aromatic nitrogens is 1. The van der Waals surface area contributed by atoms with E-state index < -0.39 is 10.0 Å². The van der Waals surface area contributed by atoms with Gasteiger partial charge in [-0.2, -0.15) is 0 Å². The van der Waals surface area contributed by atoms with E-state index in [9.17, 15) is 13.2 Å². The SMILES string of the molecule is Cc1cc(C=O)c(C)n1Cc1ccc(S(N)(=O)=O)cc1. The molecule has 0 aliphatic rings. The molecule has 5 nitrogen and oxygen atoms in total. The van der Waals surface area contributed by atoms with Gasteiger partial charge in [0.1, 0.15) is 0 Å². The van der Waals surface area contributed by atoms with Crippen molar-refractivity contribution in [2.75, 3.05) is 0 Å². The monoisotopic (exact) mass is 292 g/mol. The van der Waals surface area contributed by atoms with E-state index in [2.05, 4.69) is 0 Å². The smallest absolute Gasteiger partial charge is 0.238 e. The van der Waals surface area contributed by atoms with E-state index in [1.807, 2.05) is 24.5 Å². The number of sulfonamides is 1. The Bertz CT molecular complexity index is 743. The maximum atomic E-state index is 11.2. The minimum atomic E-state index is -3.66. The Kier molecular flexibility index (Phi) is 3.78. The summed E-state index contributed by atoms with van der Waals surface area (Å²) in [5.74, 6) is 0. The molecule has 1 aromatic heterocycles. The lowest BCUT2D eigenvalue weighted by molar-refractivity contribution is 0.112. The molecule has 0 amide bonds. The van der Waals surface area contributed by atoms with Crippen LogP contribution in [0.1, 0.15) is 27.3 Å². The van der Waals surface area contributed by atoms with Crippen LogP contribution in [0.5, 0.6) is 0 Å². The van der Waals surface area contributed by atoms with Crippen LogP contribution < -0.4 is 5.14 Å². The van der Waals surface area contributed by atoms with Crippen LogP contribution in [0.15, 0.2) is 35.2 Å². The van der Waals surface area contributed by atoms with Gasteiger partial charge in [0.25, 0.3) is 0 Å². The van der Waals surface area contributed by atoms with Gasteiger partial charge in [0.15, 0.2) is 6.29 Å². The number of hydrogen-bond donors (Lipinski definition) is 1. The molecule has 106 valence electrons. The van der Waals surface area contributed by atoms with Crippen LogP contribution in [-0.4, -0.2) is 19.3 Å². The number of nitrogens with two attached hydrogens (primary N) is 1. The molecule has 2 rings (SSSR count). The Morgan fingerprint density at radius 2 is 1.80 bits per heavy atom. The number of benzene rings is 1. The van der Waals surface area contributed by atoms with Crippen molar-refractivity contribution in [3.05, 3.63) is 52.8 Å². The van der Waals surface area contributed by atoms with Gasteiger partial charge in [-0.15, -0.1) is 0 Å². The average Bonchev–Trinajstić information content (AvgIpc) is 2.66. The zero-order valence-electron chi connectivity index (χ0n) is 11.3. The van der Waals surface area contributed by atoms with Gasteiger partial charge in [-0.3, -0.25) is 4.79 Å². The Morgan fingerprint density at radius 1 is 1.20 bits per heavy atom. The van der Waals surface area contributed by atoms with Crippen LogP contribution >= 0.6 is 0 Å². The largest absolute Gasteiger partial charge is 0.344 e. The molecule has 6 heteroatoms. The van der Waals surface area contributed by atoms with Crippen molar-refractivity contribution in [1.82, 2.24) is 4.57 Å². The first-order chi connectivity index (χ1) is 9.32. The number of nitrogens with zero attached hydrogens (tertiary/aromatic N) is 1. The van der Waals surface area contributed by atoms with Crippen molar-refractivity contribution in [2.24, 2.45) is 5.14 Å². The van der Waals surface area contributed by atoms with Gasteiger partial charge in [-0.25, -0.2) is 13.6 Å². The summed E-state index contributed by atoms with van der Waals surface area (Å²) in [6.07, 6.45) is 0.836. The van der Waals surface area contributed by atoms with Crippen molar-refractivity contribution >= 4 is 16.3 Å². The quantitative estimate of drug-likeness (QED) is 0.869. The van der Waals surface area contributed by atoms with Gasteiger partial charge in [-0.05, 0) is 37.6 Å². The first kappa shape index (κ1) is 14.5. The number of rotatable bonds is 4. The Balaban J connectivity index is 2.31. The fourth-order valence-electron chi connectivity index (χ4n) is 2.16. The normalized spacial score (nSPS) is 11.6. The molecular weight excluding hydrogens is 276 g/mol. The third-order valence-electron chi connectivity index (χ3n) is 3.33. The Hall–Kier alpha value is -1.92. The molecule has 2 N–H and O–H groups in total. The molecule has 0 saturated carbocycles. The summed E-state index contributed by atoms with van der Waals surface area (Å²) < 4.78 is 24.4. The topological polar surface area (TPSA) is 82.2 Å². The predicted molar refractivity (Wildman–Crippen MR) is 76.2 cm³/mol. The molecule has 0 unspecified atom stereocenters. The number of carbonyl (C=O) groups is 1. The van der Waals surface area contributed by atoms with Gasteiger partial charge in [0.05, 0.1) is 4.90 Å². The van der Waals surface area contributed by atoms with E-state index in [0.29, 0.717) is 12.1 Å². The van der Waals surface area contributed by atoms with Crippen LogP contribution in [-0.2, 0) is 16.6 Å². The molecule has 1 heterocycles. The van der Waals surface area contributed by atoms with E-state index in [1.54, 1.807) is 12.1 Å². The molecule has 0 aliphatic heterocycles. The van der Waals surface area contributed by atoms with Crippen LogP contribution in [0.3, 0.4) is 0 Å². The van der Waals surface area contributed by atoms with Gasteiger partial charge in [0, 0.05) is 23.5 Å². The minimum Gasteiger partial charge on any atom is -0.344 e. The highest BCUT2D eigenvalue weighted by Gasteiger charge is 2.10. The molecule has 0 radical (unpaired) electrons. The maximum absolute atomic E-state index is 11.2. The molecule has 2 aromatic rings. The van der Waals surface area contributed by atoms with Crippen molar-refractivity contribution in [2.45, 2.75) is 25.3 Å². The molecule has 0 spiro atoms. The van der Waals surface area contributed by atoms with Crippen LogP contribution in [0.25, 0.3) is 0 Å². The standard InChI is InChI=1S/C14H16N2O3S/c1-10-7-13(9-17)11(2)16(10)8-12-3-5-14(6-4-12)20(15,18)19/h3-7,9H,8H2,1-2H3,(H2,15,18,19). The van der Waals surface area contributed by atoms with Crippen molar-refractivity contribution < 1.29 is 13.2 Å². The summed E-state index contributed by atoms with van der Waals surface area (Å²) in [7, 11) is -3.66. The zero-order valence-corrected chi connectivity index (χ0v) is 12.1. The van der Waals surface area contributed by atoms with Gasteiger partial charge >= 0.3 is 0 Å². The lowest BCUT2D eigenvalue weighted by Gasteiger charge is -2.10. The number of aldehydes is 1. The summed E-state index contributed by atoms with van der Waals surface area (Å²) in [6.45, 7) is 4.39. The molecule has 0 atom stereocenters. The first-order valence-corrected chi connectivity index (χ1v) is 7.61.